The summed E-state index contributed by atoms with van der Waals surface area (Å²) in [5.41, 5.74) is 5.53. The van der Waals surface area contributed by atoms with Gasteiger partial charge in [0.15, 0.2) is 0 Å². The standard InChI is InChI=1S/C23H21Cl2NO2/c1-14-9-15(2)22(16(3)10-14)26-23(27)18-5-4-6-19(12-18)28-13-17-7-8-20(24)21(25)11-17/h4-12H,13H2,1-3H3,(H,26,27). The fourth-order valence-corrected chi connectivity index (χ4v) is 3.41. The number of hydrogen-bond acceptors (Lipinski definition) is 2. The molecule has 0 saturated carbocycles. The molecule has 1 N–H and O–H groups in total. The Hall–Kier alpha value is -2.49. The van der Waals surface area contributed by atoms with E-state index in [2.05, 4.69) is 17.4 Å². The second-order valence-corrected chi connectivity index (χ2v) is 7.61. The van der Waals surface area contributed by atoms with Crippen molar-refractivity contribution in [2.24, 2.45) is 0 Å². The summed E-state index contributed by atoms with van der Waals surface area (Å²) in [5.74, 6) is 0.436. The number of halogens is 2. The fourth-order valence-electron chi connectivity index (χ4n) is 3.09. The Morgan fingerprint density at radius 1 is 0.929 bits per heavy atom. The van der Waals surface area contributed by atoms with Crippen LogP contribution in [-0.2, 0) is 6.61 Å². The number of anilines is 1. The monoisotopic (exact) mass is 413 g/mol. The third kappa shape index (κ3) is 4.86. The van der Waals surface area contributed by atoms with E-state index in [-0.39, 0.29) is 5.91 Å². The lowest BCUT2D eigenvalue weighted by molar-refractivity contribution is 0.102. The van der Waals surface area contributed by atoms with Gasteiger partial charge >= 0.3 is 0 Å². The smallest absolute Gasteiger partial charge is 0.255 e. The molecule has 0 spiro atoms. The number of rotatable bonds is 5. The summed E-state index contributed by atoms with van der Waals surface area (Å²) in [6, 6.07) is 16.6. The number of carbonyl (C=O) groups is 1. The van der Waals surface area contributed by atoms with Crippen LogP contribution >= 0.6 is 23.2 Å². The van der Waals surface area contributed by atoms with Gasteiger partial charge in [-0.25, -0.2) is 0 Å². The lowest BCUT2D eigenvalue weighted by Gasteiger charge is -2.13. The number of hydrogen-bond donors (Lipinski definition) is 1. The van der Waals surface area contributed by atoms with E-state index in [1.54, 1.807) is 30.3 Å². The van der Waals surface area contributed by atoms with Crippen molar-refractivity contribution in [3.05, 3.63) is 92.5 Å². The first-order valence-corrected chi connectivity index (χ1v) is 9.65. The molecule has 0 unspecified atom stereocenters. The van der Waals surface area contributed by atoms with Crippen LogP contribution in [0.1, 0.15) is 32.6 Å². The van der Waals surface area contributed by atoms with Crippen molar-refractivity contribution >= 4 is 34.8 Å². The lowest BCUT2D eigenvalue weighted by atomic mass is 10.0. The highest BCUT2D eigenvalue weighted by Crippen LogP contribution is 2.25. The zero-order valence-corrected chi connectivity index (χ0v) is 17.5. The van der Waals surface area contributed by atoms with E-state index < -0.39 is 0 Å². The first-order chi connectivity index (χ1) is 13.3. The predicted molar refractivity (Wildman–Crippen MR) is 116 cm³/mol. The minimum Gasteiger partial charge on any atom is -0.489 e. The van der Waals surface area contributed by atoms with Gasteiger partial charge in [-0.2, -0.15) is 0 Å². The molecule has 3 aromatic carbocycles. The highest BCUT2D eigenvalue weighted by molar-refractivity contribution is 6.42. The fraction of sp³-hybridized carbons (Fsp3) is 0.174. The van der Waals surface area contributed by atoms with Gasteiger partial charge in [0.1, 0.15) is 12.4 Å². The van der Waals surface area contributed by atoms with E-state index in [4.69, 9.17) is 27.9 Å². The van der Waals surface area contributed by atoms with Crippen molar-refractivity contribution in [1.29, 1.82) is 0 Å². The highest BCUT2D eigenvalue weighted by atomic mass is 35.5. The second-order valence-electron chi connectivity index (χ2n) is 6.79. The molecule has 0 radical (unpaired) electrons. The van der Waals surface area contributed by atoms with Crippen molar-refractivity contribution in [1.82, 2.24) is 0 Å². The average Bonchev–Trinajstić information content (AvgIpc) is 2.65. The largest absolute Gasteiger partial charge is 0.489 e. The number of carbonyl (C=O) groups excluding carboxylic acids is 1. The Morgan fingerprint density at radius 2 is 1.64 bits per heavy atom. The molecular formula is C23H21Cl2NO2. The molecule has 0 aromatic heterocycles. The van der Waals surface area contributed by atoms with Crippen molar-refractivity contribution < 1.29 is 9.53 Å². The number of amides is 1. The van der Waals surface area contributed by atoms with Crippen LogP contribution in [0.3, 0.4) is 0 Å². The molecule has 0 fully saturated rings. The maximum Gasteiger partial charge on any atom is 0.255 e. The van der Waals surface area contributed by atoms with E-state index in [0.717, 1.165) is 22.4 Å². The summed E-state index contributed by atoms with van der Waals surface area (Å²) in [6.45, 7) is 6.36. The molecule has 3 aromatic rings. The minimum absolute atomic E-state index is 0.171. The molecule has 0 bridgehead atoms. The van der Waals surface area contributed by atoms with Crippen LogP contribution in [0.15, 0.2) is 54.6 Å². The molecule has 0 heterocycles. The molecule has 0 saturated heterocycles. The molecule has 0 aliphatic heterocycles. The Balaban J connectivity index is 1.72. The SMILES string of the molecule is Cc1cc(C)c(NC(=O)c2cccc(OCc3ccc(Cl)c(Cl)c3)c2)c(C)c1. The minimum atomic E-state index is -0.171. The van der Waals surface area contributed by atoms with Gasteiger partial charge in [0.25, 0.3) is 5.91 Å². The topological polar surface area (TPSA) is 38.3 Å². The zero-order chi connectivity index (χ0) is 20.3. The van der Waals surface area contributed by atoms with Crippen molar-refractivity contribution in [2.45, 2.75) is 27.4 Å². The summed E-state index contributed by atoms with van der Waals surface area (Å²) in [5, 5.41) is 4.00. The number of nitrogens with one attached hydrogen (secondary N) is 1. The Kier molecular flexibility index (Phi) is 6.28. The Labute approximate surface area is 175 Å². The molecule has 0 aliphatic carbocycles. The van der Waals surface area contributed by atoms with Crippen LogP contribution in [0.4, 0.5) is 5.69 Å². The van der Waals surface area contributed by atoms with E-state index in [9.17, 15) is 4.79 Å². The van der Waals surface area contributed by atoms with Crippen LogP contribution in [0.5, 0.6) is 5.75 Å². The maximum absolute atomic E-state index is 12.7. The third-order valence-electron chi connectivity index (χ3n) is 4.40. The molecule has 3 rings (SSSR count). The van der Waals surface area contributed by atoms with E-state index >= 15 is 0 Å². The van der Waals surface area contributed by atoms with E-state index in [0.29, 0.717) is 28.0 Å². The maximum atomic E-state index is 12.7. The second kappa shape index (κ2) is 8.68. The van der Waals surface area contributed by atoms with E-state index in [1.165, 1.54) is 5.56 Å². The van der Waals surface area contributed by atoms with Crippen LogP contribution < -0.4 is 10.1 Å². The summed E-state index contributed by atoms with van der Waals surface area (Å²) in [4.78, 5) is 12.7. The molecule has 5 heteroatoms. The Bertz CT molecular complexity index is 1010. The van der Waals surface area contributed by atoms with Gasteiger partial charge in [-0.15, -0.1) is 0 Å². The third-order valence-corrected chi connectivity index (χ3v) is 5.14. The summed E-state index contributed by atoms with van der Waals surface area (Å²) in [7, 11) is 0. The molecule has 0 aliphatic rings. The quantitative estimate of drug-likeness (QED) is 0.502. The van der Waals surface area contributed by atoms with Gasteiger partial charge < -0.3 is 10.1 Å². The predicted octanol–water partition coefficient (Wildman–Crippen LogP) is 6.75. The van der Waals surface area contributed by atoms with Crippen LogP contribution in [0, 0.1) is 20.8 Å². The summed E-state index contributed by atoms with van der Waals surface area (Å²) < 4.78 is 5.81. The summed E-state index contributed by atoms with van der Waals surface area (Å²) >= 11 is 12.0. The van der Waals surface area contributed by atoms with Gasteiger partial charge in [-0.1, -0.05) is 53.0 Å². The number of ether oxygens (including phenoxy) is 1. The van der Waals surface area contributed by atoms with Crippen molar-refractivity contribution in [3.8, 4) is 5.75 Å². The lowest BCUT2D eigenvalue weighted by Crippen LogP contribution is -2.14. The van der Waals surface area contributed by atoms with Crippen LogP contribution in [0.2, 0.25) is 10.0 Å². The van der Waals surface area contributed by atoms with Gasteiger partial charge in [-0.3, -0.25) is 4.79 Å². The first-order valence-electron chi connectivity index (χ1n) is 8.89. The van der Waals surface area contributed by atoms with Gasteiger partial charge in [0.05, 0.1) is 10.0 Å². The van der Waals surface area contributed by atoms with Crippen LogP contribution in [0.25, 0.3) is 0 Å². The Morgan fingerprint density at radius 3 is 2.32 bits per heavy atom. The normalized spacial score (nSPS) is 10.6. The number of aryl methyl sites for hydroxylation is 3. The molecule has 144 valence electrons. The summed E-state index contributed by atoms with van der Waals surface area (Å²) in [6.07, 6.45) is 0. The average molecular weight is 414 g/mol. The van der Waals surface area contributed by atoms with Crippen molar-refractivity contribution in [2.75, 3.05) is 5.32 Å². The van der Waals surface area contributed by atoms with E-state index in [1.807, 2.05) is 32.9 Å². The van der Waals surface area contributed by atoms with Crippen molar-refractivity contribution in [3.63, 3.8) is 0 Å². The molecular weight excluding hydrogens is 393 g/mol. The molecule has 3 nitrogen and oxygen atoms in total. The molecule has 0 atom stereocenters. The highest BCUT2D eigenvalue weighted by Gasteiger charge is 2.11. The van der Waals surface area contributed by atoms with Crippen LogP contribution in [-0.4, -0.2) is 5.91 Å². The number of benzene rings is 3. The molecule has 28 heavy (non-hydrogen) atoms. The molecule has 1 amide bonds. The van der Waals surface area contributed by atoms with Gasteiger partial charge in [0.2, 0.25) is 0 Å². The first kappa shape index (κ1) is 20.2. The zero-order valence-electron chi connectivity index (χ0n) is 16.0. The van der Waals surface area contributed by atoms with Gasteiger partial charge in [-0.05, 0) is 67.8 Å². The van der Waals surface area contributed by atoms with Gasteiger partial charge in [0, 0.05) is 11.3 Å².